The SMILES string of the molecule is CN(C)[C@@H]1CN(C(=O)c2cnc(C3CC3)nc2)C[C@H]1C1CC1. The van der Waals surface area contributed by atoms with Crippen molar-refractivity contribution in [2.45, 2.75) is 37.6 Å². The molecule has 0 unspecified atom stereocenters. The van der Waals surface area contributed by atoms with E-state index in [1.807, 2.05) is 4.90 Å². The fourth-order valence-electron chi connectivity index (χ4n) is 3.69. The van der Waals surface area contributed by atoms with E-state index in [0.717, 1.165) is 24.8 Å². The molecule has 3 aliphatic rings. The molecule has 5 nitrogen and oxygen atoms in total. The third-order valence-electron chi connectivity index (χ3n) is 5.37. The summed E-state index contributed by atoms with van der Waals surface area (Å²) in [4.78, 5) is 25.8. The van der Waals surface area contributed by atoms with Gasteiger partial charge in [-0.15, -0.1) is 0 Å². The summed E-state index contributed by atoms with van der Waals surface area (Å²) in [6.07, 6.45) is 8.47. The molecule has 0 aromatic carbocycles. The first-order valence-electron chi connectivity index (χ1n) is 8.41. The van der Waals surface area contributed by atoms with Gasteiger partial charge >= 0.3 is 0 Å². The molecule has 1 aliphatic heterocycles. The first kappa shape index (κ1) is 14.1. The number of amides is 1. The Hall–Kier alpha value is -1.49. The summed E-state index contributed by atoms with van der Waals surface area (Å²) in [6, 6.07) is 0.489. The van der Waals surface area contributed by atoms with Crippen molar-refractivity contribution in [3.05, 3.63) is 23.8 Å². The topological polar surface area (TPSA) is 49.3 Å². The van der Waals surface area contributed by atoms with Crippen LogP contribution in [0, 0.1) is 11.8 Å². The predicted octanol–water partition coefficient (Wildman–Crippen LogP) is 1.77. The summed E-state index contributed by atoms with van der Waals surface area (Å²) in [5.41, 5.74) is 0.637. The van der Waals surface area contributed by atoms with Crippen molar-refractivity contribution in [2.75, 3.05) is 27.2 Å². The number of aromatic nitrogens is 2. The molecule has 2 aliphatic carbocycles. The van der Waals surface area contributed by atoms with Crippen LogP contribution >= 0.6 is 0 Å². The molecule has 5 heteroatoms. The lowest BCUT2D eigenvalue weighted by Crippen LogP contribution is -2.36. The number of nitrogens with zero attached hydrogens (tertiary/aromatic N) is 4. The average molecular weight is 300 g/mol. The van der Waals surface area contributed by atoms with Crippen molar-refractivity contribution in [3.8, 4) is 0 Å². The molecular weight excluding hydrogens is 276 g/mol. The Labute approximate surface area is 131 Å². The van der Waals surface area contributed by atoms with Crippen molar-refractivity contribution in [3.63, 3.8) is 0 Å². The molecule has 2 heterocycles. The number of hydrogen-bond donors (Lipinski definition) is 0. The van der Waals surface area contributed by atoms with E-state index in [-0.39, 0.29) is 5.91 Å². The van der Waals surface area contributed by atoms with Crippen LogP contribution in [0.2, 0.25) is 0 Å². The van der Waals surface area contributed by atoms with E-state index >= 15 is 0 Å². The van der Waals surface area contributed by atoms with Gasteiger partial charge in [0.05, 0.1) is 5.56 Å². The zero-order valence-electron chi connectivity index (χ0n) is 13.4. The Morgan fingerprint density at radius 3 is 2.36 bits per heavy atom. The van der Waals surface area contributed by atoms with Crippen LogP contribution < -0.4 is 0 Å². The first-order chi connectivity index (χ1) is 10.6. The zero-order valence-corrected chi connectivity index (χ0v) is 13.4. The highest BCUT2D eigenvalue weighted by Crippen LogP contribution is 2.42. The van der Waals surface area contributed by atoms with Crippen LogP contribution in [0.5, 0.6) is 0 Å². The van der Waals surface area contributed by atoms with Gasteiger partial charge in [0.25, 0.3) is 5.91 Å². The highest BCUT2D eigenvalue weighted by atomic mass is 16.2. The number of hydrogen-bond acceptors (Lipinski definition) is 4. The third-order valence-corrected chi connectivity index (χ3v) is 5.37. The van der Waals surface area contributed by atoms with Gasteiger partial charge in [0.15, 0.2) is 0 Å². The Balaban J connectivity index is 1.47. The van der Waals surface area contributed by atoms with Crippen molar-refractivity contribution >= 4 is 5.91 Å². The molecule has 2 atom stereocenters. The Morgan fingerprint density at radius 2 is 1.82 bits per heavy atom. The molecule has 0 N–H and O–H groups in total. The molecule has 0 spiro atoms. The van der Waals surface area contributed by atoms with Crippen LogP contribution in [0.25, 0.3) is 0 Å². The molecule has 1 saturated heterocycles. The van der Waals surface area contributed by atoms with Gasteiger partial charge in [0, 0.05) is 37.4 Å². The number of carbonyl (C=O) groups is 1. The van der Waals surface area contributed by atoms with E-state index in [1.165, 1.54) is 25.7 Å². The smallest absolute Gasteiger partial charge is 0.257 e. The van der Waals surface area contributed by atoms with Gasteiger partial charge in [0.2, 0.25) is 0 Å². The van der Waals surface area contributed by atoms with E-state index in [1.54, 1.807) is 12.4 Å². The van der Waals surface area contributed by atoms with Crippen LogP contribution in [0.4, 0.5) is 0 Å². The molecule has 0 bridgehead atoms. The minimum atomic E-state index is 0.0948. The normalized spacial score (nSPS) is 28.4. The van der Waals surface area contributed by atoms with Crippen LogP contribution in [-0.4, -0.2) is 58.9 Å². The monoisotopic (exact) mass is 300 g/mol. The summed E-state index contributed by atoms with van der Waals surface area (Å²) in [6.45, 7) is 1.72. The highest BCUT2D eigenvalue weighted by Gasteiger charge is 2.44. The molecule has 3 fully saturated rings. The second kappa shape index (κ2) is 5.30. The summed E-state index contributed by atoms with van der Waals surface area (Å²) in [5.74, 6) is 2.98. The maximum atomic E-state index is 12.7. The van der Waals surface area contributed by atoms with Crippen LogP contribution in [0.1, 0.15) is 47.8 Å². The van der Waals surface area contributed by atoms with Gasteiger partial charge in [-0.2, -0.15) is 0 Å². The molecule has 1 amide bonds. The van der Waals surface area contributed by atoms with Crippen LogP contribution in [-0.2, 0) is 0 Å². The predicted molar refractivity (Wildman–Crippen MR) is 83.6 cm³/mol. The quantitative estimate of drug-likeness (QED) is 0.850. The lowest BCUT2D eigenvalue weighted by atomic mass is 9.97. The fraction of sp³-hybridized carbons (Fsp3) is 0.706. The minimum Gasteiger partial charge on any atom is -0.337 e. The van der Waals surface area contributed by atoms with Crippen molar-refractivity contribution in [1.29, 1.82) is 0 Å². The van der Waals surface area contributed by atoms with Crippen molar-refractivity contribution < 1.29 is 4.79 Å². The third kappa shape index (κ3) is 2.62. The van der Waals surface area contributed by atoms with E-state index in [9.17, 15) is 4.79 Å². The molecule has 22 heavy (non-hydrogen) atoms. The standard InChI is InChI=1S/C17H24N4O/c1-20(2)15-10-21(9-14(15)11-3-4-11)17(22)13-7-18-16(19-8-13)12-5-6-12/h7-8,11-12,14-15H,3-6,9-10H2,1-2H3/t14-,15+/m0/s1. The second-order valence-corrected chi connectivity index (χ2v) is 7.35. The molecule has 1 aromatic heterocycles. The fourth-order valence-corrected chi connectivity index (χ4v) is 3.69. The summed E-state index contributed by atoms with van der Waals surface area (Å²) in [7, 11) is 4.25. The average Bonchev–Trinajstić information content (AvgIpc) is 3.44. The molecule has 2 saturated carbocycles. The summed E-state index contributed by atoms with van der Waals surface area (Å²) in [5, 5.41) is 0. The van der Waals surface area contributed by atoms with Crippen LogP contribution in [0.15, 0.2) is 12.4 Å². The molecule has 0 radical (unpaired) electrons. The van der Waals surface area contributed by atoms with E-state index < -0.39 is 0 Å². The molecule has 118 valence electrons. The van der Waals surface area contributed by atoms with E-state index in [0.29, 0.717) is 23.4 Å². The molecule has 4 rings (SSSR count). The number of likely N-dealkylation sites (tertiary alicyclic amines) is 1. The van der Waals surface area contributed by atoms with Gasteiger partial charge in [-0.3, -0.25) is 4.79 Å². The van der Waals surface area contributed by atoms with E-state index in [2.05, 4.69) is 29.0 Å². The lowest BCUT2D eigenvalue weighted by Gasteiger charge is -2.24. The Bertz CT molecular complexity index is 553. The van der Waals surface area contributed by atoms with E-state index in [4.69, 9.17) is 0 Å². The number of likely N-dealkylation sites (N-methyl/N-ethyl adjacent to an activating group) is 1. The van der Waals surface area contributed by atoms with Gasteiger partial charge in [-0.1, -0.05) is 0 Å². The van der Waals surface area contributed by atoms with Crippen LogP contribution in [0.3, 0.4) is 0 Å². The summed E-state index contributed by atoms with van der Waals surface area (Å²) >= 11 is 0. The maximum absolute atomic E-state index is 12.7. The minimum absolute atomic E-state index is 0.0948. The second-order valence-electron chi connectivity index (χ2n) is 7.35. The first-order valence-corrected chi connectivity index (χ1v) is 8.41. The summed E-state index contributed by atoms with van der Waals surface area (Å²) < 4.78 is 0. The zero-order chi connectivity index (χ0) is 15.3. The lowest BCUT2D eigenvalue weighted by molar-refractivity contribution is 0.0779. The van der Waals surface area contributed by atoms with Gasteiger partial charge in [-0.05, 0) is 51.6 Å². The highest BCUT2D eigenvalue weighted by molar-refractivity contribution is 5.93. The van der Waals surface area contributed by atoms with Crippen molar-refractivity contribution in [2.24, 2.45) is 11.8 Å². The molecular formula is C17H24N4O. The maximum Gasteiger partial charge on any atom is 0.257 e. The number of carbonyl (C=O) groups excluding carboxylic acids is 1. The van der Waals surface area contributed by atoms with Gasteiger partial charge < -0.3 is 9.80 Å². The molecule has 1 aromatic rings. The number of rotatable bonds is 4. The van der Waals surface area contributed by atoms with Gasteiger partial charge in [-0.25, -0.2) is 9.97 Å². The Morgan fingerprint density at radius 1 is 1.14 bits per heavy atom. The largest absolute Gasteiger partial charge is 0.337 e. The Kier molecular flexibility index (Phi) is 3.40. The van der Waals surface area contributed by atoms with Crippen molar-refractivity contribution in [1.82, 2.24) is 19.8 Å². The van der Waals surface area contributed by atoms with Gasteiger partial charge in [0.1, 0.15) is 5.82 Å².